The second kappa shape index (κ2) is 5.92. The maximum absolute atomic E-state index is 4.67. The Morgan fingerprint density at radius 2 is 1.38 bits per heavy atom. The Kier molecular flexibility index (Phi) is 3.83. The van der Waals surface area contributed by atoms with Crippen LogP contribution in [0.4, 0.5) is 0 Å². The van der Waals surface area contributed by atoms with E-state index in [9.17, 15) is 0 Å². The van der Waals surface area contributed by atoms with Crippen LogP contribution >= 0.6 is 0 Å². The minimum Gasteiger partial charge on any atom is -0.256 e. The van der Waals surface area contributed by atoms with Crippen molar-refractivity contribution in [2.45, 2.75) is 19.8 Å². The highest BCUT2D eigenvalue weighted by atomic mass is 14.7. The Bertz CT molecular complexity index is 730. The molecule has 0 saturated carbocycles. The summed E-state index contributed by atoms with van der Waals surface area (Å²) in [6.07, 6.45) is 1.87. The Morgan fingerprint density at radius 1 is 0.714 bits per heavy atom. The fraction of sp³-hybridized carbons (Fsp3) is 0.150. The molecule has 0 spiro atoms. The first-order valence-electron chi connectivity index (χ1n) is 7.37. The second-order valence-electron chi connectivity index (χ2n) is 5.51. The van der Waals surface area contributed by atoms with Gasteiger partial charge in [-0.1, -0.05) is 74.5 Å². The normalized spacial score (nSPS) is 10.8. The number of hydrogen-bond donors (Lipinski definition) is 0. The van der Waals surface area contributed by atoms with Crippen LogP contribution in [-0.4, -0.2) is 4.98 Å². The third kappa shape index (κ3) is 2.73. The standard InChI is InChI=1S/C20H19N/c1-15(2)17-11-6-7-12-19(17)20-18(13-8-14-21-20)16-9-4-3-5-10-16/h3-15H,1-2H3. The van der Waals surface area contributed by atoms with E-state index in [0.717, 1.165) is 5.69 Å². The molecule has 104 valence electrons. The Balaban J connectivity index is 2.21. The van der Waals surface area contributed by atoms with Crippen LogP contribution in [0.5, 0.6) is 0 Å². The molecule has 0 fully saturated rings. The Morgan fingerprint density at radius 3 is 2.14 bits per heavy atom. The lowest BCUT2D eigenvalue weighted by atomic mass is 9.91. The van der Waals surface area contributed by atoms with Crippen LogP contribution in [0.25, 0.3) is 22.4 Å². The van der Waals surface area contributed by atoms with Crippen LogP contribution in [0.2, 0.25) is 0 Å². The third-order valence-corrected chi connectivity index (χ3v) is 3.73. The van der Waals surface area contributed by atoms with Crippen molar-refractivity contribution in [2.24, 2.45) is 0 Å². The Hall–Kier alpha value is -2.41. The zero-order valence-electron chi connectivity index (χ0n) is 12.5. The fourth-order valence-corrected chi connectivity index (χ4v) is 2.69. The molecule has 3 rings (SSSR count). The average Bonchev–Trinajstić information content (AvgIpc) is 2.55. The van der Waals surface area contributed by atoms with Crippen LogP contribution in [0.15, 0.2) is 72.9 Å². The molecule has 21 heavy (non-hydrogen) atoms. The summed E-state index contributed by atoms with van der Waals surface area (Å²) in [5, 5.41) is 0. The van der Waals surface area contributed by atoms with Crippen molar-refractivity contribution in [3.05, 3.63) is 78.5 Å². The summed E-state index contributed by atoms with van der Waals surface area (Å²) >= 11 is 0. The molecule has 0 amide bonds. The van der Waals surface area contributed by atoms with Gasteiger partial charge < -0.3 is 0 Å². The summed E-state index contributed by atoms with van der Waals surface area (Å²) in [4.78, 5) is 4.67. The highest BCUT2D eigenvalue weighted by molar-refractivity contribution is 5.82. The van der Waals surface area contributed by atoms with Gasteiger partial charge >= 0.3 is 0 Å². The van der Waals surface area contributed by atoms with Crippen molar-refractivity contribution in [1.82, 2.24) is 4.98 Å². The summed E-state index contributed by atoms with van der Waals surface area (Å²) < 4.78 is 0. The molecule has 1 heteroatoms. The monoisotopic (exact) mass is 273 g/mol. The third-order valence-electron chi connectivity index (χ3n) is 3.73. The van der Waals surface area contributed by atoms with Crippen molar-refractivity contribution in [3.8, 4) is 22.4 Å². The molecule has 0 unspecified atom stereocenters. The number of aromatic nitrogens is 1. The first-order chi connectivity index (χ1) is 10.3. The van der Waals surface area contributed by atoms with Gasteiger partial charge in [-0.25, -0.2) is 0 Å². The summed E-state index contributed by atoms with van der Waals surface area (Å²) in [5.74, 6) is 0.479. The van der Waals surface area contributed by atoms with E-state index in [4.69, 9.17) is 0 Å². The predicted molar refractivity (Wildman–Crippen MR) is 89.2 cm³/mol. The average molecular weight is 273 g/mol. The lowest BCUT2D eigenvalue weighted by molar-refractivity contribution is 0.868. The van der Waals surface area contributed by atoms with E-state index >= 15 is 0 Å². The smallest absolute Gasteiger partial charge is 0.0783 e. The van der Waals surface area contributed by atoms with Gasteiger partial charge in [-0.2, -0.15) is 0 Å². The maximum Gasteiger partial charge on any atom is 0.0783 e. The highest BCUT2D eigenvalue weighted by Gasteiger charge is 2.13. The number of rotatable bonds is 3. The maximum atomic E-state index is 4.67. The largest absolute Gasteiger partial charge is 0.256 e. The van der Waals surface area contributed by atoms with Gasteiger partial charge in [0.15, 0.2) is 0 Å². The number of benzene rings is 2. The first-order valence-corrected chi connectivity index (χ1v) is 7.37. The zero-order valence-corrected chi connectivity index (χ0v) is 12.5. The predicted octanol–water partition coefficient (Wildman–Crippen LogP) is 5.54. The highest BCUT2D eigenvalue weighted by Crippen LogP contribution is 2.34. The molecule has 1 heterocycles. The minimum atomic E-state index is 0.479. The molecule has 0 atom stereocenters. The van der Waals surface area contributed by atoms with Crippen LogP contribution in [0.1, 0.15) is 25.3 Å². The van der Waals surface area contributed by atoms with Crippen molar-refractivity contribution >= 4 is 0 Å². The zero-order chi connectivity index (χ0) is 14.7. The van der Waals surface area contributed by atoms with E-state index in [1.54, 1.807) is 0 Å². The van der Waals surface area contributed by atoms with Gasteiger partial charge in [0.05, 0.1) is 5.69 Å². The van der Waals surface area contributed by atoms with Gasteiger partial charge in [-0.15, -0.1) is 0 Å². The summed E-state index contributed by atoms with van der Waals surface area (Å²) in [5.41, 5.74) is 6.03. The van der Waals surface area contributed by atoms with Crippen molar-refractivity contribution in [2.75, 3.05) is 0 Å². The molecule has 0 aliphatic rings. The molecule has 0 N–H and O–H groups in total. The molecule has 1 nitrogen and oxygen atoms in total. The van der Waals surface area contributed by atoms with Crippen molar-refractivity contribution in [3.63, 3.8) is 0 Å². The van der Waals surface area contributed by atoms with Crippen LogP contribution in [0, 0.1) is 0 Å². The molecule has 1 aromatic heterocycles. The SMILES string of the molecule is CC(C)c1ccccc1-c1ncccc1-c1ccccc1. The molecule has 0 aliphatic heterocycles. The molecule has 3 aromatic rings. The molecule has 0 bridgehead atoms. The number of hydrogen-bond acceptors (Lipinski definition) is 1. The van der Waals surface area contributed by atoms with Gasteiger partial charge in [-0.05, 0) is 23.1 Å². The molecular formula is C20H19N. The lowest BCUT2D eigenvalue weighted by Gasteiger charge is -2.15. The topological polar surface area (TPSA) is 12.9 Å². The van der Waals surface area contributed by atoms with Crippen LogP contribution < -0.4 is 0 Å². The van der Waals surface area contributed by atoms with E-state index < -0.39 is 0 Å². The van der Waals surface area contributed by atoms with Crippen LogP contribution in [-0.2, 0) is 0 Å². The van der Waals surface area contributed by atoms with Gasteiger partial charge in [0.1, 0.15) is 0 Å². The molecule has 0 radical (unpaired) electrons. The minimum absolute atomic E-state index is 0.479. The van der Waals surface area contributed by atoms with Gasteiger partial charge in [-0.3, -0.25) is 4.98 Å². The quantitative estimate of drug-likeness (QED) is 0.610. The second-order valence-corrected chi connectivity index (χ2v) is 5.51. The van der Waals surface area contributed by atoms with E-state index in [1.165, 1.54) is 22.3 Å². The molecule has 2 aromatic carbocycles. The van der Waals surface area contributed by atoms with E-state index in [0.29, 0.717) is 5.92 Å². The van der Waals surface area contributed by atoms with E-state index in [2.05, 4.69) is 73.4 Å². The van der Waals surface area contributed by atoms with E-state index in [-0.39, 0.29) is 0 Å². The summed E-state index contributed by atoms with van der Waals surface area (Å²) in [6, 6.07) is 23.2. The van der Waals surface area contributed by atoms with Crippen LogP contribution in [0.3, 0.4) is 0 Å². The first kappa shape index (κ1) is 13.6. The van der Waals surface area contributed by atoms with Crippen molar-refractivity contribution < 1.29 is 0 Å². The summed E-state index contributed by atoms with van der Waals surface area (Å²) in [6.45, 7) is 4.45. The van der Waals surface area contributed by atoms with E-state index in [1.807, 2.05) is 18.3 Å². The molecule has 0 saturated heterocycles. The number of nitrogens with zero attached hydrogens (tertiary/aromatic N) is 1. The molecular weight excluding hydrogens is 254 g/mol. The number of pyridine rings is 1. The van der Waals surface area contributed by atoms with Crippen molar-refractivity contribution in [1.29, 1.82) is 0 Å². The van der Waals surface area contributed by atoms with Gasteiger partial charge in [0, 0.05) is 17.3 Å². The summed E-state index contributed by atoms with van der Waals surface area (Å²) in [7, 11) is 0. The van der Waals surface area contributed by atoms with Gasteiger partial charge in [0.25, 0.3) is 0 Å². The fourth-order valence-electron chi connectivity index (χ4n) is 2.69. The molecule has 0 aliphatic carbocycles. The Labute approximate surface area is 126 Å². The van der Waals surface area contributed by atoms with Gasteiger partial charge in [0.2, 0.25) is 0 Å². The lowest BCUT2D eigenvalue weighted by Crippen LogP contribution is -1.95.